The molecule has 0 unspecified atom stereocenters. The van der Waals surface area contributed by atoms with Gasteiger partial charge in [-0.15, -0.1) is 0 Å². The molecule has 4 heteroatoms. The first-order valence-corrected chi connectivity index (χ1v) is 11.2. The van der Waals surface area contributed by atoms with Crippen LogP contribution in [0, 0.1) is 0 Å². The zero-order valence-corrected chi connectivity index (χ0v) is 18.5. The van der Waals surface area contributed by atoms with Crippen molar-refractivity contribution in [3.05, 3.63) is 25.3 Å². The van der Waals surface area contributed by atoms with Crippen LogP contribution in [0.3, 0.4) is 0 Å². The molecular weight excluding hydrogens is 352 g/mol. The largest absolute Gasteiger partial charge is 0.463 e. The van der Waals surface area contributed by atoms with Gasteiger partial charge in [-0.25, -0.2) is 9.59 Å². The predicted molar refractivity (Wildman–Crippen MR) is 118 cm³/mol. The fraction of sp³-hybridized carbons (Fsp3) is 0.750. The van der Waals surface area contributed by atoms with Crippen molar-refractivity contribution in [1.82, 2.24) is 0 Å². The minimum Gasteiger partial charge on any atom is -0.463 e. The van der Waals surface area contributed by atoms with Gasteiger partial charge in [0.05, 0.1) is 13.2 Å². The molecule has 0 aromatic heterocycles. The van der Waals surface area contributed by atoms with Crippen molar-refractivity contribution >= 4 is 11.9 Å². The van der Waals surface area contributed by atoms with Crippen LogP contribution < -0.4 is 0 Å². The van der Waals surface area contributed by atoms with Gasteiger partial charge in [-0.1, -0.05) is 104 Å². The molecule has 0 heterocycles. The molecule has 0 fully saturated rings. The van der Waals surface area contributed by atoms with Crippen LogP contribution in [0.4, 0.5) is 0 Å². The summed E-state index contributed by atoms with van der Waals surface area (Å²) in [7, 11) is 0. The van der Waals surface area contributed by atoms with Crippen LogP contribution in [-0.2, 0) is 19.1 Å². The number of carbonyl (C=O) groups excluding carboxylic acids is 2. The van der Waals surface area contributed by atoms with E-state index in [-0.39, 0.29) is 11.9 Å². The number of esters is 2. The fourth-order valence-corrected chi connectivity index (χ4v) is 2.58. The lowest BCUT2D eigenvalue weighted by atomic mass is 10.1. The van der Waals surface area contributed by atoms with E-state index in [4.69, 9.17) is 9.47 Å². The molecule has 0 atom stereocenters. The van der Waals surface area contributed by atoms with Crippen LogP contribution in [0.5, 0.6) is 0 Å². The zero-order chi connectivity index (χ0) is 21.3. The van der Waals surface area contributed by atoms with Crippen LogP contribution in [0.15, 0.2) is 25.3 Å². The Kier molecular flexibility index (Phi) is 26.0. The number of hydrogen-bond donors (Lipinski definition) is 0. The average Bonchev–Trinajstić information content (AvgIpc) is 2.71. The summed E-state index contributed by atoms with van der Waals surface area (Å²) in [6.07, 6.45) is 19.8. The fourth-order valence-electron chi connectivity index (χ4n) is 2.58. The van der Waals surface area contributed by atoms with Gasteiger partial charge in [0.1, 0.15) is 0 Å². The monoisotopic (exact) mass is 396 g/mol. The Hall–Kier alpha value is -1.58. The number of hydrogen-bond acceptors (Lipinski definition) is 4. The Morgan fingerprint density at radius 1 is 0.571 bits per heavy atom. The van der Waals surface area contributed by atoms with Crippen molar-refractivity contribution in [2.45, 2.75) is 104 Å². The molecule has 0 N–H and O–H groups in total. The van der Waals surface area contributed by atoms with Crippen molar-refractivity contribution in [3.8, 4) is 0 Å². The van der Waals surface area contributed by atoms with Crippen molar-refractivity contribution in [2.75, 3.05) is 13.2 Å². The van der Waals surface area contributed by atoms with Gasteiger partial charge in [0, 0.05) is 12.2 Å². The topological polar surface area (TPSA) is 52.6 Å². The van der Waals surface area contributed by atoms with E-state index in [1.165, 1.54) is 76.4 Å². The summed E-state index contributed by atoms with van der Waals surface area (Å²) in [6.45, 7) is 12.2. The third-order valence-electron chi connectivity index (χ3n) is 4.32. The molecule has 0 radical (unpaired) electrons. The van der Waals surface area contributed by atoms with Gasteiger partial charge in [0.15, 0.2) is 0 Å². The maximum Gasteiger partial charge on any atom is 0.330 e. The number of carbonyl (C=O) groups is 2. The van der Waals surface area contributed by atoms with E-state index >= 15 is 0 Å². The number of unbranched alkanes of at least 4 members (excludes halogenated alkanes) is 12. The summed E-state index contributed by atoms with van der Waals surface area (Å²) >= 11 is 0. The Bertz CT molecular complexity index is 377. The standard InChI is InChI=1S/C13H24O2.C11H20O2/c1-3-5-6-7-8-9-10-11-12-15-13(14)4-2;1-3-5-6-7-8-9-10-13-11(12)4-2/h4H,2-3,5-12H2,1H3;4H,2-3,5-10H2,1H3. The van der Waals surface area contributed by atoms with E-state index in [1.54, 1.807) is 0 Å². The highest BCUT2D eigenvalue weighted by molar-refractivity contribution is 5.81. The van der Waals surface area contributed by atoms with E-state index in [1.807, 2.05) is 0 Å². The minimum absolute atomic E-state index is 0.307. The second-order valence-electron chi connectivity index (χ2n) is 6.99. The first kappa shape index (κ1) is 28.6. The normalized spacial score (nSPS) is 9.79. The van der Waals surface area contributed by atoms with Gasteiger partial charge in [-0.3, -0.25) is 0 Å². The van der Waals surface area contributed by atoms with Gasteiger partial charge in [0.2, 0.25) is 0 Å². The molecule has 0 spiro atoms. The highest BCUT2D eigenvalue weighted by Gasteiger charge is 1.96. The Balaban J connectivity index is 0. The first-order valence-electron chi connectivity index (χ1n) is 11.2. The first-order chi connectivity index (χ1) is 13.6. The van der Waals surface area contributed by atoms with E-state index in [0.717, 1.165) is 25.7 Å². The van der Waals surface area contributed by atoms with E-state index in [0.29, 0.717) is 13.2 Å². The molecule has 0 aliphatic heterocycles. The lowest BCUT2D eigenvalue weighted by Gasteiger charge is -2.02. The van der Waals surface area contributed by atoms with Crippen molar-refractivity contribution < 1.29 is 19.1 Å². The van der Waals surface area contributed by atoms with Gasteiger partial charge in [-0.2, -0.15) is 0 Å². The smallest absolute Gasteiger partial charge is 0.330 e. The lowest BCUT2D eigenvalue weighted by molar-refractivity contribution is -0.138. The van der Waals surface area contributed by atoms with E-state index in [9.17, 15) is 9.59 Å². The Morgan fingerprint density at radius 3 is 1.14 bits per heavy atom. The molecule has 28 heavy (non-hydrogen) atoms. The Morgan fingerprint density at radius 2 is 0.857 bits per heavy atom. The van der Waals surface area contributed by atoms with Crippen LogP contribution >= 0.6 is 0 Å². The molecule has 0 aromatic carbocycles. The maximum absolute atomic E-state index is 10.7. The SMILES string of the molecule is C=CC(=O)OCCCCCCCC.C=CC(=O)OCCCCCCCCCC. The Labute approximate surface area is 173 Å². The molecule has 0 saturated heterocycles. The third kappa shape index (κ3) is 26.6. The van der Waals surface area contributed by atoms with Crippen LogP contribution in [-0.4, -0.2) is 25.2 Å². The molecule has 0 aliphatic rings. The highest BCUT2D eigenvalue weighted by Crippen LogP contribution is 2.08. The third-order valence-corrected chi connectivity index (χ3v) is 4.32. The van der Waals surface area contributed by atoms with Crippen molar-refractivity contribution in [3.63, 3.8) is 0 Å². The summed E-state index contributed by atoms with van der Waals surface area (Å²) in [5, 5.41) is 0. The molecule has 0 amide bonds. The molecule has 4 nitrogen and oxygen atoms in total. The van der Waals surface area contributed by atoms with E-state index in [2.05, 4.69) is 27.0 Å². The van der Waals surface area contributed by atoms with Gasteiger partial charge in [0.25, 0.3) is 0 Å². The number of rotatable bonds is 18. The molecule has 0 rings (SSSR count). The van der Waals surface area contributed by atoms with Crippen LogP contribution in [0.25, 0.3) is 0 Å². The highest BCUT2D eigenvalue weighted by atomic mass is 16.5. The van der Waals surface area contributed by atoms with Gasteiger partial charge >= 0.3 is 11.9 Å². The molecule has 0 bridgehead atoms. The van der Waals surface area contributed by atoms with E-state index < -0.39 is 0 Å². The lowest BCUT2D eigenvalue weighted by Crippen LogP contribution is -2.01. The summed E-state index contributed by atoms with van der Waals surface area (Å²) in [6, 6.07) is 0. The summed E-state index contributed by atoms with van der Waals surface area (Å²) in [5.74, 6) is -0.619. The summed E-state index contributed by atoms with van der Waals surface area (Å²) in [4.78, 5) is 21.3. The van der Waals surface area contributed by atoms with Crippen molar-refractivity contribution in [1.29, 1.82) is 0 Å². The number of ether oxygens (including phenoxy) is 2. The van der Waals surface area contributed by atoms with Crippen molar-refractivity contribution in [2.24, 2.45) is 0 Å². The maximum atomic E-state index is 10.7. The van der Waals surface area contributed by atoms with Gasteiger partial charge in [-0.05, 0) is 12.8 Å². The molecule has 0 aliphatic carbocycles. The molecular formula is C24H44O4. The van der Waals surface area contributed by atoms with Crippen LogP contribution in [0.2, 0.25) is 0 Å². The second-order valence-corrected chi connectivity index (χ2v) is 6.99. The minimum atomic E-state index is -0.312. The molecule has 0 aromatic rings. The molecule has 164 valence electrons. The summed E-state index contributed by atoms with van der Waals surface area (Å²) in [5.41, 5.74) is 0. The summed E-state index contributed by atoms with van der Waals surface area (Å²) < 4.78 is 9.72. The second kappa shape index (κ2) is 25.4. The quantitative estimate of drug-likeness (QED) is 0.143. The average molecular weight is 397 g/mol. The van der Waals surface area contributed by atoms with Crippen LogP contribution in [0.1, 0.15) is 104 Å². The van der Waals surface area contributed by atoms with Gasteiger partial charge < -0.3 is 9.47 Å². The molecule has 0 saturated carbocycles. The predicted octanol–water partition coefficient (Wildman–Crippen LogP) is 6.93. The zero-order valence-electron chi connectivity index (χ0n) is 18.5.